The summed E-state index contributed by atoms with van der Waals surface area (Å²) in [7, 11) is 0. The molecule has 0 aliphatic carbocycles. The zero-order valence-corrected chi connectivity index (χ0v) is 9.66. The van der Waals surface area contributed by atoms with Gasteiger partial charge in [0.05, 0.1) is 0 Å². The fourth-order valence-electron chi connectivity index (χ4n) is 1.21. The zero-order chi connectivity index (χ0) is 12.0. The Balaban J connectivity index is 2.50. The Kier molecular flexibility index (Phi) is 4.57. The quantitative estimate of drug-likeness (QED) is 0.694. The van der Waals surface area contributed by atoms with Crippen molar-refractivity contribution in [1.29, 1.82) is 0 Å². The highest BCUT2D eigenvalue weighted by atomic mass is 16.2. The van der Waals surface area contributed by atoms with Gasteiger partial charge in [0, 0.05) is 24.5 Å². The Labute approximate surface area is 95.4 Å². The Bertz CT molecular complexity index is 354. The molecule has 1 heterocycles. The number of anilines is 2. The van der Waals surface area contributed by atoms with Crippen molar-refractivity contribution >= 4 is 17.4 Å². The van der Waals surface area contributed by atoms with Gasteiger partial charge in [-0.15, -0.1) is 0 Å². The first-order valence-electron chi connectivity index (χ1n) is 5.39. The highest BCUT2D eigenvalue weighted by molar-refractivity contribution is 5.83. The summed E-state index contributed by atoms with van der Waals surface area (Å²) in [4.78, 5) is 15.6. The van der Waals surface area contributed by atoms with Gasteiger partial charge in [0.25, 0.3) is 0 Å². The lowest BCUT2D eigenvalue weighted by atomic mass is 10.3. The van der Waals surface area contributed by atoms with E-state index in [1.165, 1.54) is 0 Å². The van der Waals surface area contributed by atoms with Gasteiger partial charge in [0.15, 0.2) is 0 Å². The molecule has 4 N–H and O–H groups in total. The van der Waals surface area contributed by atoms with Crippen LogP contribution in [0.2, 0.25) is 0 Å². The average molecular weight is 222 g/mol. The van der Waals surface area contributed by atoms with Gasteiger partial charge in [-0.2, -0.15) is 0 Å². The average Bonchev–Trinajstić information content (AvgIpc) is 2.25. The fourth-order valence-corrected chi connectivity index (χ4v) is 1.21. The Morgan fingerprint density at radius 2 is 2.38 bits per heavy atom. The summed E-state index contributed by atoms with van der Waals surface area (Å²) in [5.74, 6) is 0.574. The van der Waals surface area contributed by atoms with Crippen molar-refractivity contribution in [3.8, 4) is 0 Å². The third-order valence-corrected chi connectivity index (χ3v) is 2.09. The number of rotatable bonds is 5. The van der Waals surface area contributed by atoms with Crippen molar-refractivity contribution in [2.75, 3.05) is 17.6 Å². The first-order valence-corrected chi connectivity index (χ1v) is 5.39. The van der Waals surface area contributed by atoms with Gasteiger partial charge in [0.1, 0.15) is 11.9 Å². The summed E-state index contributed by atoms with van der Waals surface area (Å²) < 4.78 is 0. The molecule has 0 aliphatic rings. The minimum atomic E-state index is -0.319. The molecule has 1 aromatic heterocycles. The topological polar surface area (TPSA) is 80.0 Å². The van der Waals surface area contributed by atoms with Gasteiger partial charge < -0.3 is 16.4 Å². The summed E-state index contributed by atoms with van der Waals surface area (Å²) in [6, 6.07) is 3.08. The number of carbonyl (C=O) groups is 1. The van der Waals surface area contributed by atoms with Crippen LogP contribution >= 0.6 is 0 Å². The van der Waals surface area contributed by atoms with E-state index in [-0.39, 0.29) is 11.9 Å². The number of aromatic nitrogens is 1. The van der Waals surface area contributed by atoms with E-state index in [9.17, 15) is 4.79 Å². The molecular weight excluding hydrogens is 204 g/mol. The van der Waals surface area contributed by atoms with E-state index in [1.807, 2.05) is 6.92 Å². The molecule has 0 saturated heterocycles. The molecule has 0 spiro atoms. The zero-order valence-electron chi connectivity index (χ0n) is 9.66. The van der Waals surface area contributed by atoms with Crippen LogP contribution in [0.3, 0.4) is 0 Å². The predicted octanol–water partition coefficient (Wildman–Crippen LogP) is 0.990. The molecule has 0 saturated carbocycles. The molecule has 5 nitrogen and oxygen atoms in total. The van der Waals surface area contributed by atoms with Crippen LogP contribution in [-0.2, 0) is 4.79 Å². The molecule has 1 aromatic rings. The molecule has 0 fully saturated rings. The molecule has 0 aliphatic heterocycles. The van der Waals surface area contributed by atoms with Gasteiger partial charge >= 0.3 is 0 Å². The summed E-state index contributed by atoms with van der Waals surface area (Å²) in [5.41, 5.74) is 6.23. The first kappa shape index (κ1) is 12.3. The fraction of sp³-hybridized carbons (Fsp3) is 0.455. The molecule has 0 bridgehead atoms. The van der Waals surface area contributed by atoms with Crippen LogP contribution in [0.25, 0.3) is 0 Å². The molecule has 0 radical (unpaired) electrons. The van der Waals surface area contributed by atoms with E-state index in [1.54, 1.807) is 25.3 Å². The van der Waals surface area contributed by atoms with Crippen LogP contribution < -0.4 is 16.4 Å². The van der Waals surface area contributed by atoms with Crippen molar-refractivity contribution in [1.82, 2.24) is 10.3 Å². The van der Waals surface area contributed by atoms with E-state index in [2.05, 4.69) is 15.6 Å². The number of amides is 1. The summed E-state index contributed by atoms with van der Waals surface area (Å²) >= 11 is 0. The highest BCUT2D eigenvalue weighted by Gasteiger charge is 2.11. The van der Waals surface area contributed by atoms with E-state index in [0.29, 0.717) is 18.1 Å². The first-order chi connectivity index (χ1) is 7.63. The van der Waals surface area contributed by atoms with Crippen molar-refractivity contribution in [3.05, 3.63) is 18.3 Å². The molecule has 1 amide bonds. The highest BCUT2D eigenvalue weighted by Crippen LogP contribution is 2.08. The minimum absolute atomic E-state index is 0.0360. The third kappa shape index (κ3) is 3.76. The standard InChI is InChI=1S/C11H18N4O/c1-3-5-14-11(16)8(2)15-10-7-9(12)4-6-13-10/h4,6-8H,3,5H2,1-2H3,(H,14,16)(H3,12,13,15). The smallest absolute Gasteiger partial charge is 0.242 e. The number of nitrogens with two attached hydrogens (primary N) is 1. The largest absolute Gasteiger partial charge is 0.399 e. The number of carbonyl (C=O) groups excluding carboxylic acids is 1. The summed E-state index contributed by atoms with van der Waals surface area (Å²) in [5, 5.41) is 5.79. The number of pyridine rings is 1. The number of hydrogen-bond donors (Lipinski definition) is 3. The van der Waals surface area contributed by atoms with Crippen molar-refractivity contribution < 1.29 is 4.79 Å². The predicted molar refractivity (Wildman–Crippen MR) is 65.0 cm³/mol. The maximum absolute atomic E-state index is 11.6. The summed E-state index contributed by atoms with van der Waals surface area (Å²) in [6.07, 6.45) is 2.53. The molecule has 88 valence electrons. The van der Waals surface area contributed by atoms with Gasteiger partial charge in [-0.3, -0.25) is 4.79 Å². The third-order valence-electron chi connectivity index (χ3n) is 2.09. The van der Waals surface area contributed by atoms with E-state index in [4.69, 9.17) is 5.73 Å². The molecule has 1 atom stereocenters. The maximum Gasteiger partial charge on any atom is 0.242 e. The SMILES string of the molecule is CCCNC(=O)C(C)Nc1cc(N)ccn1. The lowest BCUT2D eigenvalue weighted by Gasteiger charge is -2.14. The molecule has 1 rings (SSSR count). The van der Waals surface area contributed by atoms with Gasteiger partial charge in [-0.1, -0.05) is 6.92 Å². The van der Waals surface area contributed by atoms with E-state index < -0.39 is 0 Å². The monoisotopic (exact) mass is 222 g/mol. The van der Waals surface area contributed by atoms with Crippen molar-refractivity contribution in [2.45, 2.75) is 26.3 Å². The number of nitrogen functional groups attached to an aromatic ring is 1. The van der Waals surface area contributed by atoms with Gasteiger partial charge in [-0.25, -0.2) is 4.98 Å². The van der Waals surface area contributed by atoms with Crippen LogP contribution in [0.4, 0.5) is 11.5 Å². The van der Waals surface area contributed by atoms with Crippen LogP contribution in [0.1, 0.15) is 20.3 Å². The number of hydrogen-bond acceptors (Lipinski definition) is 4. The van der Waals surface area contributed by atoms with Crippen LogP contribution in [0.5, 0.6) is 0 Å². The van der Waals surface area contributed by atoms with E-state index in [0.717, 1.165) is 6.42 Å². The summed E-state index contributed by atoms with van der Waals surface area (Å²) in [6.45, 7) is 4.49. The van der Waals surface area contributed by atoms with Crippen LogP contribution in [-0.4, -0.2) is 23.5 Å². The second-order valence-corrected chi connectivity index (χ2v) is 3.63. The van der Waals surface area contributed by atoms with Gasteiger partial charge in [0.2, 0.25) is 5.91 Å². The van der Waals surface area contributed by atoms with Crippen molar-refractivity contribution in [3.63, 3.8) is 0 Å². The van der Waals surface area contributed by atoms with E-state index >= 15 is 0 Å². The Hall–Kier alpha value is -1.78. The molecule has 1 unspecified atom stereocenters. The van der Waals surface area contributed by atoms with Gasteiger partial charge in [-0.05, 0) is 19.4 Å². The second kappa shape index (κ2) is 5.95. The normalized spacial score (nSPS) is 11.9. The molecule has 0 aromatic carbocycles. The lowest BCUT2D eigenvalue weighted by Crippen LogP contribution is -2.38. The second-order valence-electron chi connectivity index (χ2n) is 3.63. The van der Waals surface area contributed by atoms with Crippen LogP contribution in [0, 0.1) is 0 Å². The molecule has 5 heteroatoms. The van der Waals surface area contributed by atoms with Crippen molar-refractivity contribution in [2.24, 2.45) is 0 Å². The Morgan fingerprint density at radius 1 is 1.62 bits per heavy atom. The Morgan fingerprint density at radius 3 is 3.00 bits per heavy atom. The lowest BCUT2D eigenvalue weighted by molar-refractivity contribution is -0.121. The minimum Gasteiger partial charge on any atom is -0.399 e. The van der Waals surface area contributed by atoms with Crippen LogP contribution in [0.15, 0.2) is 18.3 Å². The number of nitrogens with one attached hydrogen (secondary N) is 2. The molecular formula is C11H18N4O. The maximum atomic E-state index is 11.6. The number of nitrogens with zero attached hydrogens (tertiary/aromatic N) is 1. The molecule has 16 heavy (non-hydrogen) atoms.